The first kappa shape index (κ1) is 31.9. The third kappa shape index (κ3) is 6.08. The van der Waals surface area contributed by atoms with Gasteiger partial charge in [-0.3, -0.25) is 9.78 Å². The minimum atomic E-state index is -1.38. The Bertz CT molecular complexity index is 2010. The van der Waals surface area contributed by atoms with E-state index in [2.05, 4.69) is 20.3 Å². The van der Waals surface area contributed by atoms with E-state index in [1.807, 2.05) is 24.6 Å². The van der Waals surface area contributed by atoms with Crippen molar-refractivity contribution in [3.8, 4) is 28.1 Å². The summed E-state index contributed by atoms with van der Waals surface area (Å²) in [6, 6.07) is 6.79. The standard InChI is InChI=1S/C35H37FN6O5/c1-18-22-8-7-11-46-30(22)25(36)13-23(18)29-24-14-27(20-9-10-38-26(12-20)33(43)39-16-21-15-37-17-40-21)42(6)32(24)41-19(2)28(29)31(34(44)45)47-35(3,4)5/h9-10,12-15,17,31H,7-8,11,16H2,1-6H3,(H,37,40)(H,39,43)(H,44,45)/t31-/m0/s1. The highest BCUT2D eigenvalue weighted by Gasteiger charge is 2.34. The van der Waals surface area contributed by atoms with Crippen LogP contribution >= 0.6 is 0 Å². The Labute approximate surface area is 271 Å². The number of rotatable bonds is 8. The number of carboxylic acid groups (broad SMARTS) is 1. The number of carboxylic acids is 1. The van der Waals surface area contributed by atoms with Crippen LogP contribution in [0.1, 0.15) is 71.9 Å². The third-order valence-corrected chi connectivity index (χ3v) is 8.34. The molecule has 0 radical (unpaired) electrons. The van der Waals surface area contributed by atoms with Crippen LogP contribution in [0.15, 0.2) is 43.0 Å². The smallest absolute Gasteiger partial charge is 0.337 e. The Balaban J connectivity index is 1.56. The van der Waals surface area contributed by atoms with E-state index in [4.69, 9.17) is 14.5 Å². The Morgan fingerprint density at radius 1 is 1.21 bits per heavy atom. The van der Waals surface area contributed by atoms with Crippen LogP contribution in [-0.4, -0.2) is 53.7 Å². The van der Waals surface area contributed by atoms with Crippen molar-refractivity contribution in [2.75, 3.05) is 6.61 Å². The second-order valence-corrected chi connectivity index (χ2v) is 12.7. The predicted molar refractivity (Wildman–Crippen MR) is 174 cm³/mol. The van der Waals surface area contributed by atoms with Crippen molar-refractivity contribution in [2.45, 2.75) is 65.7 Å². The average molecular weight is 641 g/mol. The number of carbonyl (C=O) groups excluding carboxylic acids is 1. The van der Waals surface area contributed by atoms with Crippen LogP contribution in [0.4, 0.5) is 4.39 Å². The second kappa shape index (κ2) is 12.3. The van der Waals surface area contributed by atoms with E-state index in [0.717, 1.165) is 17.5 Å². The molecular weight excluding hydrogens is 603 g/mol. The number of hydrogen-bond acceptors (Lipinski definition) is 7. The van der Waals surface area contributed by atoms with E-state index in [-0.39, 0.29) is 23.9 Å². The van der Waals surface area contributed by atoms with Gasteiger partial charge in [-0.2, -0.15) is 0 Å². The zero-order valence-electron chi connectivity index (χ0n) is 27.2. The molecule has 47 heavy (non-hydrogen) atoms. The zero-order chi connectivity index (χ0) is 33.6. The summed E-state index contributed by atoms with van der Waals surface area (Å²) in [6.07, 6.45) is 4.79. The van der Waals surface area contributed by atoms with Gasteiger partial charge in [0.05, 0.1) is 36.5 Å². The number of hydrogen-bond donors (Lipinski definition) is 3. The molecular formula is C35H37FN6O5. The number of halogens is 1. The van der Waals surface area contributed by atoms with Crippen LogP contribution in [-0.2, 0) is 29.5 Å². The van der Waals surface area contributed by atoms with E-state index in [1.54, 1.807) is 52.2 Å². The molecule has 12 heteroatoms. The number of imidazole rings is 1. The Morgan fingerprint density at radius 3 is 2.70 bits per heavy atom. The van der Waals surface area contributed by atoms with Gasteiger partial charge < -0.3 is 29.4 Å². The molecule has 0 aliphatic carbocycles. The molecule has 1 aromatic carbocycles. The average Bonchev–Trinajstić information content (AvgIpc) is 3.67. The number of aryl methyl sites for hydroxylation is 2. The van der Waals surface area contributed by atoms with Crippen molar-refractivity contribution >= 4 is 22.9 Å². The number of aliphatic carboxylic acids is 1. The maximum atomic E-state index is 15.7. The Hall–Kier alpha value is -5.10. The summed E-state index contributed by atoms with van der Waals surface area (Å²) in [5.74, 6) is -1.81. The number of nitrogens with zero attached hydrogens (tertiary/aromatic N) is 4. The van der Waals surface area contributed by atoms with Crippen LogP contribution in [0.2, 0.25) is 0 Å². The Kier molecular flexibility index (Phi) is 8.31. The molecule has 0 saturated heterocycles. The first-order valence-corrected chi connectivity index (χ1v) is 15.4. The molecule has 0 fully saturated rings. The maximum Gasteiger partial charge on any atom is 0.337 e. The van der Waals surface area contributed by atoms with Crippen molar-refractivity contribution in [1.29, 1.82) is 0 Å². The van der Waals surface area contributed by atoms with E-state index in [0.29, 0.717) is 63.4 Å². The van der Waals surface area contributed by atoms with Crippen LogP contribution in [0.25, 0.3) is 33.4 Å². The number of aromatic amines is 1. The molecule has 1 aliphatic rings. The molecule has 1 amide bonds. The fourth-order valence-corrected chi connectivity index (χ4v) is 6.21. The molecule has 3 N–H and O–H groups in total. The molecule has 1 atom stereocenters. The largest absolute Gasteiger partial charge is 0.490 e. The quantitative estimate of drug-likeness (QED) is 0.188. The highest BCUT2D eigenvalue weighted by Crippen LogP contribution is 2.45. The molecule has 1 aliphatic heterocycles. The van der Waals surface area contributed by atoms with E-state index in [9.17, 15) is 14.7 Å². The number of ether oxygens (including phenoxy) is 2. The summed E-state index contributed by atoms with van der Waals surface area (Å²) in [5.41, 5.74) is 5.49. The normalized spacial score (nSPS) is 13.7. The van der Waals surface area contributed by atoms with Crippen molar-refractivity contribution < 1.29 is 28.6 Å². The number of pyridine rings is 2. The van der Waals surface area contributed by atoms with Gasteiger partial charge in [0, 0.05) is 52.8 Å². The lowest BCUT2D eigenvalue weighted by molar-refractivity contribution is -0.160. The summed E-state index contributed by atoms with van der Waals surface area (Å²) in [6.45, 7) is 9.70. The van der Waals surface area contributed by atoms with Crippen LogP contribution in [0.5, 0.6) is 5.75 Å². The molecule has 6 rings (SSSR count). The van der Waals surface area contributed by atoms with Crippen LogP contribution in [0.3, 0.4) is 0 Å². The van der Waals surface area contributed by atoms with Gasteiger partial charge >= 0.3 is 5.97 Å². The lowest BCUT2D eigenvalue weighted by Crippen LogP contribution is -2.28. The minimum absolute atomic E-state index is 0.213. The second-order valence-electron chi connectivity index (χ2n) is 12.7. The summed E-state index contributed by atoms with van der Waals surface area (Å²) >= 11 is 0. The number of benzene rings is 1. The van der Waals surface area contributed by atoms with Crippen molar-refractivity contribution in [3.63, 3.8) is 0 Å². The van der Waals surface area contributed by atoms with Gasteiger partial charge in [0.1, 0.15) is 11.3 Å². The zero-order valence-corrected chi connectivity index (χ0v) is 27.2. The first-order chi connectivity index (χ1) is 22.3. The summed E-state index contributed by atoms with van der Waals surface area (Å²) in [7, 11) is 1.85. The van der Waals surface area contributed by atoms with E-state index < -0.39 is 23.5 Å². The fraction of sp³-hybridized carbons (Fsp3) is 0.343. The van der Waals surface area contributed by atoms with Gasteiger partial charge in [0.25, 0.3) is 5.91 Å². The molecule has 5 heterocycles. The number of carbonyl (C=O) groups is 2. The topological polar surface area (TPSA) is 144 Å². The van der Waals surface area contributed by atoms with Crippen molar-refractivity contribution in [1.82, 2.24) is 29.8 Å². The van der Waals surface area contributed by atoms with E-state index >= 15 is 4.39 Å². The maximum absolute atomic E-state index is 15.7. The van der Waals surface area contributed by atoms with Crippen LogP contribution < -0.4 is 10.1 Å². The lowest BCUT2D eigenvalue weighted by atomic mass is 9.86. The number of nitrogens with one attached hydrogen (secondary N) is 2. The fourth-order valence-electron chi connectivity index (χ4n) is 6.21. The summed E-state index contributed by atoms with van der Waals surface area (Å²) < 4.78 is 29.5. The number of aromatic nitrogens is 5. The van der Waals surface area contributed by atoms with Gasteiger partial charge in [0.15, 0.2) is 17.7 Å². The van der Waals surface area contributed by atoms with Crippen molar-refractivity contribution in [2.24, 2.45) is 7.05 Å². The van der Waals surface area contributed by atoms with Gasteiger partial charge in [-0.25, -0.2) is 19.2 Å². The van der Waals surface area contributed by atoms with E-state index in [1.165, 1.54) is 12.4 Å². The molecule has 244 valence electrons. The summed E-state index contributed by atoms with van der Waals surface area (Å²) in [4.78, 5) is 42.0. The third-order valence-electron chi connectivity index (χ3n) is 8.34. The predicted octanol–water partition coefficient (Wildman–Crippen LogP) is 5.98. The molecule has 0 saturated carbocycles. The lowest BCUT2D eigenvalue weighted by Gasteiger charge is -2.29. The molecule has 4 aromatic heterocycles. The molecule has 0 unspecified atom stereocenters. The SMILES string of the molecule is Cc1nc2c(cc(-c3ccnc(C(=O)NCc4c[nH]cn4)c3)n2C)c(-c2cc(F)c3c(c2C)CCCO3)c1[C@H](OC(C)(C)C)C(=O)O. The summed E-state index contributed by atoms with van der Waals surface area (Å²) in [5, 5.41) is 13.9. The first-order valence-electron chi connectivity index (χ1n) is 15.4. The van der Waals surface area contributed by atoms with Gasteiger partial charge in [-0.1, -0.05) is 0 Å². The molecule has 0 spiro atoms. The van der Waals surface area contributed by atoms with Gasteiger partial charge in [0.2, 0.25) is 0 Å². The highest BCUT2D eigenvalue weighted by molar-refractivity contribution is 6.02. The van der Waals surface area contributed by atoms with Gasteiger partial charge in [-0.05, 0) is 82.9 Å². The van der Waals surface area contributed by atoms with Gasteiger partial charge in [-0.15, -0.1) is 0 Å². The highest BCUT2D eigenvalue weighted by atomic mass is 19.1. The van der Waals surface area contributed by atoms with Crippen molar-refractivity contribution in [3.05, 3.63) is 82.6 Å². The molecule has 11 nitrogen and oxygen atoms in total. The van der Waals surface area contributed by atoms with Crippen LogP contribution in [0, 0.1) is 19.7 Å². The number of fused-ring (bicyclic) bond motifs is 2. The Morgan fingerprint density at radius 2 is 2.00 bits per heavy atom. The number of amides is 1. The molecule has 0 bridgehead atoms. The molecule has 5 aromatic rings. The number of H-pyrrole nitrogens is 1. The monoisotopic (exact) mass is 640 g/mol. The minimum Gasteiger partial charge on any atom is -0.490 e.